The number of halogens is 2. The maximum Gasteiger partial charge on any atom is 0.161 e. The van der Waals surface area contributed by atoms with Gasteiger partial charge in [-0.3, -0.25) is 0 Å². The summed E-state index contributed by atoms with van der Waals surface area (Å²) in [5.41, 5.74) is 7.36. The summed E-state index contributed by atoms with van der Waals surface area (Å²) in [5, 5.41) is 0.0728. The minimum absolute atomic E-state index is 0.0728. The van der Waals surface area contributed by atoms with E-state index in [0.717, 1.165) is 5.56 Å². The fourth-order valence-corrected chi connectivity index (χ4v) is 2.08. The first-order chi connectivity index (χ1) is 10.0. The SMILES string of the molecule is COc1cc([C@@H](C)N)ccc1OCc1cccc(F)c1Cl. The monoisotopic (exact) mass is 309 g/mol. The van der Waals surface area contributed by atoms with Crippen molar-refractivity contribution in [3.8, 4) is 11.5 Å². The molecule has 2 aromatic carbocycles. The highest BCUT2D eigenvalue weighted by Crippen LogP contribution is 2.31. The van der Waals surface area contributed by atoms with Crippen LogP contribution in [0.15, 0.2) is 36.4 Å². The fraction of sp³-hybridized carbons (Fsp3) is 0.250. The quantitative estimate of drug-likeness (QED) is 0.905. The van der Waals surface area contributed by atoms with Crippen LogP contribution in [0.25, 0.3) is 0 Å². The van der Waals surface area contributed by atoms with Gasteiger partial charge in [-0.2, -0.15) is 0 Å². The van der Waals surface area contributed by atoms with E-state index in [-0.39, 0.29) is 17.7 Å². The third-order valence-corrected chi connectivity index (χ3v) is 3.55. The lowest BCUT2D eigenvalue weighted by molar-refractivity contribution is 0.284. The molecule has 5 heteroatoms. The molecule has 3 nitrogen and oxygen atoms in total. The zero-order valence-electron chi connectivity index (χ0n) is 11.9. The Morgan fingerprint density at radius 1 is 1.24 bits per heavy atom. The molecular weight excluding hydrogens is 293 g/mol. The summed E-state index contributed by atoms with van der Waals surface area (Å²) in [6.45, 7) is 2.05. The molecule has 112 valence electrons. The average molecular weight is 310 g/mol. The van der Waals surface area contributed by atoms with E-state index >= 15 is 0 Å². The molecule has 0 bridgehead atoms. The van der Waals surface area contributed by atoms with Gasteiger partial charge in [0.05, 0.1) is 12.1 Å². The van der Waals surface area contributed by atoms with Gasteiger partial charge < -0.3 is 15.2 Å². The summed E-state index contributed by atoms with van der Waals surface area (Å²) >= 11 is 5.90. The Kier molecular flexibility index (Phi) is 5.04. The smallest absolute Gasteiger partial charge is 0.161 e. The van der Waals surface area contributed by atoms with Gasteiger partial charge in [0, 0.05) is 11.6 Å². The van der Waals surface area contributed by atoms with Gasteiger partial charge in [0.15, 0.2) is 11.5 Å². The van der Waals surface area contributed by atoms with E-state index < -0.39 is 5.82 Å². The van der Waals surface area contributed by atoms with Crippen molar-refractivity contribution in [3.63, 3.8) is 0 Å². The average Bonchev–Trinajstić information content (AvgIpc) is 2.48. The first-order valence-corrected chi connectivity index (χ1v) is 6.90. The van der Waals surface area contributed by atoms with Gasteiger partial charge >= 0.3 is 0 Å². The van der Waals surface area contributed by atoms with Gasteiger partial charge in [-0.1, -0.05) is 29.8 Å². The van der Waals surface area contributed by atoms with Crippen LogP contribution in [0, 0.1) is 5.82 Å². The molecule has 2 aromatic rings. The minimum Gasteiger partial charge on any atom is -0.493 e. The largest absolute Gasteiger partial charge is 0.493 e. The normalized spacial score (nSPS) is 12.0. The molecule has 21 heavy (non-hydrogen) atoms. The van der Waals surface area contributed by atoms with Crippen LogP contribution >= 0.6 is 11.6 Å². The van der Waals surface area contributed by atoms with E-state index in [0.29, 0.717) is 17.1 Å². The van der Waals surface area contributed by atoms with Crippen molar-refractivity contribution in [1.29, 1.82) is 0 Å². The Labute approximate surface area is 128 Å². The first kappa shape index (κ1) is 15.6. The Morgan fingerprint density at radius 3 is 2.67 bits per heavy atom. The summed E-state index contributed by atoms with van der Waals surface area (Å²) in [6.07, 6.45) is 0. The van der Waals surface area contributed by atoms with E-state index in [1.54, 1.807) is 25.3 Å². The van der Waals surface area contributed by atoms with Crippen LogP contribution in [0.2, 0.25) is 5.02 Å². The molecule has 0 saturated heterocycles. The van der Waals surface area contributed by atoms with Crippen molar-refractivity contribution in [2.75, 3.05) is 7.11 Å². The van der Waals surface area contributed by atoms with Crippen molar-refractivity contribution in [2.45, 2.75) is 19.6 Å². The molecule has 0 radical (unpaired) electrons. The number of hydrogen-bond acceptors (Lipinski definition) is 3. The van der Waals surface area contributed by atoms with Gasteiger partial charge in [0.2, 0.25) is 0 Å². The Balaban J connectivity index is 2.18. The number of ether oxygens (including phenoxy) is 2. The lowest BCUT2D eigenvalue weighted by Gasteiger charge is -2.14. The zero-order valence-corrected chi connectivity index (χ0v) is 12.7. The van der Waals surface area contributed by atoms with Crippen LogP contribution in [-0.2, 0) is 6.61 Å². The van der Waals surface area contributed by atoms with Gasteiger partial charge in [-0.05, 0) is 30.7 Å². The van der Waals surface area contributed by atoms with Crippen molar-refractivity contribution in [3.05, 3.63) is 58.4 Å². The van der Waals surface area contributed by atoms with Crippen molar-refractivity contribution >= 4 is 11.6 Å². The first-order valence-electron chi connectivity index (χ1n) is 6.52. The van der Waals surface area contributed by atoms with Crippen LogP contribution < -0.4 is 15.2 Å². The molecule has 0 heterocycles. The van der Waals surface area contributed by atoms with E-state index in [9.17, 15) is 4.39 Å². The summed E-state index contributed by atoms with van der Waals surface area (Å²) in [7, 11) is 1.56. The standard InChI is InChI=1S/C16H17ClFNO2/c1-10(19)11-6-7-14(15(8-11)20-2)21-9-12-4-3-5-13(18)16(12)17/h3-8,10H,9,19H2,1-2H3/t10-/m1/s1. The topological polar surface area (TPSA) is 44.5 Å². The van der Waals surface area contributed by atoms with Gasteiger partial charge in [0.1, 0.15) is 12.4 Å². The van der Waals surface area contributed by atoms with Crippen molar-refractivity contribution < 1.29 is 13.9 Å². The summed E-state index contributed by atoms with van der Waals surface area (Å²) < 4.78 is 24.3. The highest BCUT2D eigenvalue weighted by Gasteiger charge is 2.10. The van der Waals surface area contributed by atoms with Crippen LogP contribution in [0.4, 0.5) is 4.39 Å². The van der Waals surface area contributed by atoms with Gasteiger partial charge in [0.25, 0.3) is 0 Å². The maximum atomic E-state index is 13.4. The Hall–Kier alpha value is -1.78. The number of methoxy groups -OCH3 is 1. The number of rotatable bonds is 5. The summed E-state index contributed by atoms with van der Waals surface area (Å²) in [5.74, 6) is 0.677. The van der Waals surface area contributed by atoms with Crippen LogP contribution in [-0.4, -0.2) is 7.11 Å². The van der Waals surface area contributed by atoms with E-state index in [1.165, 1.54) is 6.07 Å². The zero-order chi connectivity index (χ0) is 15.4. The van der Waals surface area contributed by atoms with Crippen molar-refractivity contribution in [1.82, 2.24) is 0 Å². The van der Waals surface area contributed by atoms with E-state index in [4.69, 9.17) is 26.8 Å². The van der Waals surface area contributed by atoms with Crippen LogP contribution in [0.5, 0.6) is 11.5 Å². The molecule has 0 amide bonds. The molecule has 0 aliphatic heterocycles. The second-order valence-electron chi connectivity index (χ2n) is 4.70. The maximum absolute atomic E-state index is 13.4. The third-order valence-electron chi connectivity index (χ3n) is 3.13. The third kappa shape index (κ3) is 3.65. The van der Waals surface area contributed by atoms with Crippen LogP contribution in [0.3, 0.4) is 0 Å². The van der Waals surface area contributed by atoms with E-state index in [2.05, 4.69) is 0 Å². The second kappa shape index (κ2) is 6.78. The highest BCUT2D eigenvalue weighted by molar-refractivity contribution is 6.31. The number of benzene rings is 2. The molecule has 0 spiro atoms. The fourth-order valence-electron chi connectivity index (χ4n) is 1.90. The molecule has 0 aliphatic carbocycles. The lowest BCUT2D eigenvalue weighted by atomic mass is 10.1. The molecule has 2 rings (SSSR count). The van der Waals surface area contributed by atoms with Gasteiger partial charge in [-0.15, -0.1) is 0 Å². The minimum atomic E-state index is -0.461. The lowest BCUT2D eigenvalue weighted by Crippen LogP contribution is -2.06. The molecule has 0 saturated carbocycles. The number of nitrogens with two attached hydrogens (primary N) is 1. The molecule has 1 atom stereocenters. The predicted octanol–water partition coefficient (Wildman–Crippen LogP) is 4.09. The van der Waals surface area contributed by atoms with E-state index in [1.807, 2.05) is 19.1 Å². The summed E-state index contributed by atoms with van der Waals surface area (Å²) in [6, 6.07) is 10.0. The Bertz CT molecular complexity index is 632. The molecular formula is C16H17ClFNO2. The Morgan fingerprint density at radius 2 is 2.00 bits per heavy atom. The summed E-state index contributed by atoms with van der Waals surface area (Å²) in [4.78, 5) is 0. The van der Waals surface area contributed by atoms with Crippen molar-refractivity contribution in [2.24, 2.45) is 5.73 Å². The van der Waals surface area contributed by atoms with Gasteiger partial charge in [-0.25, -0.2) is 4.39 Å². The van der Waals surface area contributed by atoms with Crippen LogP contribution in [0.1, 0.15) is 24.1 Å². The molecule has 0 aromatic heterocycles. The molecule has 0 aliphatic rings. The highest BCUT2D eigenvalue weighted by atomic mass is 35.5. The number of hydrogen-bond donors (Lipinski definition) is 1. The second-order valence-corrected chi connectivity index (χ2v) is 5.08. The molecule has 0 fully saturated rings. The molecule has 0 unspecified atom stereocenters. The predicted molar refractivity (Wildman–Crippen MR) is 81.3 cm³/mol. The molecule has 2 N–H and O–H groups in total.